The van der Waals surface area contributed by atoms with Crippen LogP contribution in [-0.2, 0) is 21.3 Å². The van der Waals surface area contributed by atoms with Crippen molar-refractivity contribution < 1.29 is 26.9 Å². The molecule has 0 amide bonds. The summed E-state index contributed by atoms with van der Waals surface area (Å²) in [5, 5.41) is 0. The van der Waals surface area contributed by atoms with Gasteiger partial charge in [-0.25, -0.2) is 28.7 Å². The molecule has 0 radical (unpaired) electrons. The summed E-state index contributed by atoms with van der Waals surface area (Å²) in [6, 6.07) is 9.88. The first-order valence-electron chi connectivity index (χ1n) is 15.1. The number of alkyl halides is 3. The minimum atomic E-state index is -3.03. The number of ether oxygens (including phenoxy) is 1. The van der Waals surface area contributed by atoms with Gasteiger partial charge in [-0.15, -0.1) is 0 Å². The summed E-state index contributed by atoms with van der Waals surface area (Å²) < 4.78 is 63.2. The maximum absolute atomic E-state index is 13.5. The predicted molar refractivity (Wildman–Crippen MR) is 168 cm³/mol. The van der Waals surface area contributed by atoms with E-state index in [4.69, 9.17) is 9.72 Å². The molecule has 3 atom stereocenters. The van der Waals surface area contributed by atoms with Gasteiger partial charge >= 0.3 is 6.61 Å². The van der Waals surface area contributed by atoms with Gasteiger partial charge in [0.05, 0.1) is 51.1 Å². The van der Waals surface area contributed by atoms with E-state index >= 15 is 0 Å². The number of rotatable bonds is 7. The van der Waals surface area contributed by atoms with E-state index < -0.39 is 40.6 Å². The van der Waals surface area contributed by atoms with Crippen LogP contribution >= 0.6 is 0 Å². The number of hydrogen-bond donors (Lipinski definition) is 1. The molecule has 2 bridgehead atoms. The zero-order valence-corrected chi connectivity index (χ0v) is 26.6. The van der Waals surface area contributed by atoms with Gasteiger partial charge in [-0.05, 0) is 63.3 Å². The van der Waals surface area contributed by atoms with Crippen LogP contribution in [0.1, 0.15) is 74.9 Å². The van der Waals surface area contributed by atoms with Crippen molar-refractivity contribution in [3.63, 3.8) is 0 Å². The van der Waals surface area contributed by atoms with Gasteiger partial charge in [0, 0.05) is 42.6 Å². The SMILES string of the molecule is CN1C(=C=O)c2cccc(OC(F)F)c2[C@H]2C[C@@H]1c1nc3ccc(-c4cnc(C5(N[S@](=O)C(C)(C)C)CC(CF)C5)nc4)cc3n12. The Labute approximate surface area is 266 Å². The Morgan fingerprint density at radius 2 is 1.87 bits per heavy atom. The number of halogens is 3. The van der Waals surface area contributed by atoms with Crippen LogP contribution in [0, 0.1) is 5.92 Å². The molecule has 2 aromatic heterocycles. The van der Waals surface area contributed by atoms with E-state index in [9.17, 15) is 22.2 Å². The highest BCUT2D eigenvalue weighted by Crippen LogP contribution is 2.52. The van der Waals surface area contributed by atoms with E-state index in [1.54, 1.807) is 36.5 Å². The Kier molecular flexibility index (Phi) is 7.34. The van der Waals surface area contributed by atoms with Gasteiger partial charge < -0.3 is 14.2 Å². The van der Waals surface area contributed by atoms with Crippen LogP contribution in [0.2, 0.25) is 0 Å². The van der Waals surface area contributed by atoms with Gasteiger partial charge in [0.2, 0.25) is 0 Å². The zero-order valence-electron chi connectivity index (χ0n) is 25.8. The van der Waals surface area contributed by atoms with Crippen molar-refractivity contribution >= 4 is 33.7 Å². The second-order valence-corrected chi connectivity index (χ2v) is 15.2. The third kappa shape index (κ3) is 4.83. The third-order valence-corrected chi connectivity index (χ3v) is 11.0. The summed E-state index contributed by atoms with van der Waals surface area (Å²) in [6.07, 6.45) is 4.83. The van der Waals surface area contributed by atoms with E-state index in [1.165, 1.54) is 6.07 Å². The van der Waals surface area contributed by atoms with Crippen molar-refractivity contribution in [2.45, 2.75) is 69.0 Å². The van der Waals surface area contributed by atoms with E-state index in [-0.39, 0.29) is 23.4 Å². The zero-order chi connectivity index (χ0) is 32.5. The van der Waals surface area contributed by atoms with Gasteiger partial charge in [0.1, 0.15) is 23.1 Å². The van der Waals surface area contributed by atoms with Crippen LogP contribution in [-0.4, -0.2) is 59.6 Å². The lowest BCUT2D eigenvalue weighted by Crippen LogP contribution is -2.56. The molecule has 1 saturated carbocycles. The summed E-state index contributed by atoms with van der Waals surface area (Å²) in [7, 11) is 0.391. The van der Waals surface area contributed by atoms with E-state index in [2.05, 4.69) is 14.7 Å². The third-order valence-electron chi connectivity index (χ3n) is 9.31. The standard InChI is InChI=1S/C33H33F3N6O3S/c1-32(2,3)46(44)40-33(12-18(13-33)14-34)30-37-15-20(16-38-30)19-8-9-22-23(10-19)42-24-11-25(29(42)39-22)41(4)26(17-43)21-6-5-7-27(28(21)24)45-31(35)36/h5-10,15-16,18,24-25,31,40H,11-14H2,1-4H3/t18?,24-,25-,33?,46-/m1/s1. The van der Waals surface area contributed by atoms with Crippen LogP contribution in [0.4, 0.5) is 13.2 Å². The molecule has 1 N–H and O–H groups in total. The number of aromatic nitrogens is 4. The maximum atomic E-state index is 13.5. The van der Waals surface area contributed by atoms with Crippen molar-refractivity contribution in [2.75, 3.05) is 13.7 Å². The van der Waals surface area contributed by atoms with Crippen molar-refractivity contribution in [2.24, 2.45) is 5.92 Å². The van der Waals surface area contributed by atoms with Gasteiger partial charge in [0.15, 0.2) is 5.94 Å². The Morgan fingerprint density at radius 1 is 1.13 bits per heavy atom. The molecular formula is C33H33F3N6O3S. The molecule has 4 aromatic rings. The van der Waals surface area contributed by atoms with Crippen LogP contribution in [0.3, 0.4) is 0 Å². The number of hydrogen-bond acceptors (Lipinski definition) is 7. The van der Waals surface area contributed by atoms with Gasteiger partial charge in [-0.1, -0.05) is 18.2 Å². The minimum Gasteiger partial charge on any atom is -0.434 e. The predicted octanol–water partition coefficient (Wildman–Crippen LogP) is 5.87. The van der Waals surface area contributed by atoms with E-state index in [0.29, 0.717) is 47.6 Å². The Hall–Kier alpha value is -4.06. The fraction of sp³-hybridized carbons (Fsp3) is 0.424. The molecule has 1 fully saturated rings. The topological polar surface area (TPSA) is 102 Å². The van der Waals surface area contributed by atoms with Crippen LogP contribution in [0.5, 0.6) is 5.75 Å². The molecule has 2 aromatic carbocycles. The number of imidazole rings is 1. The lowest BCUT2D eigenvalue weighted by atomic mass is 9.69. The Morgan fingerprint density at radius 3 is 2.52 bits per heavy atom. The number of nitrogens with one attached hydrogen (secondary N) is 1. The highest BCUT2D eigenvalue weighted by Gasteiger charge is 2.50. The number of benzene rings is 2. The second kappa shape index (κ2) is 11.0. The largest absolute Gasteiger partial charge is 0.434 e. The minimum absolute atomic E-state index is 0.00932. The smallest absolute Gasteiger partial charge is 0.387 e. The molecule has 13 heteroatoms. The van der Waals surface area contributed by atoms with E-state index in [1.807, 2.05) is 49.5 Å². The first-order chi connectivity index (χ1) is 21.9. The highest BCUT2D eigenvalue weighted by molar-refractivity contribution is 7.84. The maximum Gasteiger partial charge on any atom is 0.387 e. The molecule has 9 nitrogen and oxygen atoms in total. The van der Waals surface area contributed by atoms with Crippen LogP contribution in [0.25, 0.3) is 27.9 Å². The number of fused-ring (bicyclic) bond motifs is 9. The van der Waals surface area contributed by atoms with Crippen molar-refractivity contribution in [3.8, 4) is 16.9 Å². The van der Waals surface area contributed by atoms with E-state index in [0.717, 1.165) is 16.6 Å². The summed E-state index contributed by atoms with van der Waals surface area (Å²) in [5.41, 5.74) is 3.53. The Bertz CT molecular complexity index is 1910. The molecule has 0 saturated heterocycles. The molecule has 0 spiro atoms. The average molecular weight is 651 g/mol. The lowest BCUT2D eigenvalue weighted by molar-refractivity contribution is -0.0506. The van der Waals surface area contributed by atoms with Crippen molar-refractivity contribution in [3.05, 3.63) is 71.6 Å². The fourth-order valence-corrected chi connectivity index (χ4v) is 7.94. The van der Waals surface area contributed by atoms with Crippen molar-refractivity contribution in [1.82, 2.24) is 29.1 Å². The van der Waals surface area contributed by atoms with Gasteiger partial charge in [0.25, 0.3) is 0 Å². The summed E-state index contributed by atoms with van der Waals surface area (Å²) in [6.45, 7) is 2.13. The molecule has 7 rings (SSSR count). The molecule has 46 heavy (non-hydrogen) atoms. The molecule has 4 heterocycles. The molecule has 0 unspecified atom stereocenters. The molecule has 2 aliphatic heterocycles. The van der Waals surface area contributed by atoms with Gasteiger partial charge in [-0.3, -0.25) is 4.39 Å². The number of nitrogens with zero attached hydrogens (tertiary/aromatic N) is 5. The van der Waals surface area contributed by atoms with Gasteiger partial charge in [-0.2, -0.15) is 8.78 Å². The summed E-state index contributed by atoms with van der Waals surface area (Å²) >= 11 is 0. The first kappa shape index (κ1) is 30.6. The normalized spacial score (nSPS) is 24.3. The first-order valence-corrected chi connectivity index (χ1v) is 16.3. The fourth-order valence-electron chi connectivity index (χ4n) is 7.02. The molecule has 240 valence electrons. The second-order valence-electron chi connectivity index (χ2n) is 13.3. The molecule has 3 aliphatic rings. The quantitative estimate of drug-likeness (QED) is 0.250. The van der Waals surface area contributed by atoms with Crippen LogP contribution in [0.15, 0.2) is 48.8 Å². The van der Waals surface area contributed by atoms with Crippen LogP contribution < -0.4 is 9.46 Å². The number of carbonyl (C=O) groups excluding carboxylic acids is 1. The summed E-state index contributed by atoms with van der Waals surface area (Å²) in [4.78, 5) is 28.2. The average Bonchev–Trinajstić information content (AvgIpc) is 3.51. The molecule has 1 aliphatic carbocycles. The highest BCUT2D eigenvalue weighted by atomic mass is 32.2. The monoisotopic (exact) mass is 650 g/mol. The lowest BCUT2D eigenvalue weighted by Gasteiger charge is -2.46. The summed E-state index contributed by atoms with van der Waals surface area (Å²) in [5.74, 6) is 3.07. The van der Waals surface area contributed by atoms with Crippen molar-refractivity contribution in [1.29, 1.82) is 0 Å². The Balaban J connectivity index is 1.28. The molecular weight excluding hydrogens is 617 g/mol.